The molecule has 142 valence electrons. The Labute approximate surface area is 162 Å². The van der Waals surface area contributed by atoms with Crippen molar-refractivity contribution in [3.63, 3.8) is 0 Å². The van der Waals surface area contributed by atoms with Crippen LogP contribution in [0.4, 0.5) is 0 Å². The summed E-state index contributed by atoms with van der Waals surface area (Å²) in [5.41, 5.74) is 3.54. The number of ketones is 1. The Bertz CT molecular complexity index is 778. The van der Waals surface area contributed by atoms with Gasteiger partial charge in [0.1, 0.15) is 5.75 Å². The first-order valence-electron chi connectivity index (χ1n) is 10.2. The second kappa shape index (κ2) is 8.26. The van der Waals surface area contributed by atoms with E-state index in [1.54, 1.807) is 7.11 Å². The van der Waals surface area contributed by atoms with E-state index in [1.165, 1.54) is 24.0 Å². The molecule has 0 unspecified atom stereocenters. The Kier molecular flexibility index (Phi) is 5.58. The van der Waals surface area contributed by atoms with Crippen LogP contribution in [0.2, 0.25) is 0 Å². The minimum atomic E-state index is 0.283. The maximum atomic E-state index is 12.8. The van der Waals surface area contributed by atoms with Gasteiger partial charge in [0.15, 0.2) is 5.78 Å². The zero-order chi connectivity index (χ0) is 18.6. The summed E-state index contributed by atoms with van der Waals surface area (Å²) in [7, 11) is 1.66. The molecule has 1 atom stereocenters. The summed E-state index contributed by atoms with van der Waals surface area (Å²) in [6, 6.07) is 16.9. The lowest BCUT2D eigenvalue weighted by Crippen LogP contribution is -2.37. The lowest BCUT2D eigenvalue weighted by molar-refractivity contribution is 0.0941. The zero-order valence-electron chi connectivity index (χ0n) is 16.2. The first kappa shape index (κ1) is 18.2. The Balaban J connectivity index is 1.34. The zero-order valence-corrected chi connectivity index (χ0v) is 16.2. The molecule has 0 N–H and O–H groups in total. The van der Waals surface area contributed by atoms with Crippen molar-refractivity contribution in [2.45, 2.75) is 38.0 Å². The van der Waals surface area contributed by atoms with Gasteiger partial charge in [0, 0.05) is 18.5 Å². The predicted octanol–water partition coefficient (Wildman–Crippen LogP) is 4.71. The summed E-state index contributed by atoms with van der Waals surface area (Å²) in [5, 5.41) is 0. The van der Waals surface area contributed by atoms with E-state index in [4.69, 9.17) is 4.74 Å². The molecule has 0 spiro atoms. The van der Waals surface area contributed by atoms with Gasteiger partial charge in [-0.05, 0) is 73.9 Å². The van der Waals surface area contributed by atoms with E-state index in [9.17, 15) is 4.79 Å². The van der Waals surface area contributed by atoms with Crippen molar-refractivity contribution in [1.82, 2.24) is 4.90 Å². The van der Waals surface area contributed by atoms with Gasteiger partial charge in [-0.2, -0.15) is 0 Å². The van der Waals surface area contributed by atoms with Crippen LogP contribution in [0, 0.1) is 5.92 Å². The van der Waals surface area contributed by atoms with Crippen LogP contribution in [0.3, 0.4) is 0 Å². The van der Waals surface area contributed by atoms with E-state index < -0.39 is 0 Å². The number of hydrogen-bond acceptors (Lipinski definition) is 3. The summed E-state index contributed by atoms with van der Waals surface area (Å²) >= 11 is 0. The summed E-state index contributed by atoms with van der Waals surface area (Å²) in [5.74, 6) is 2.22. The molecule has 2 aromatic rings. The molecule has 1 heterocycles. The molecule has 27 heavy (non-hydrogen) atoms. The molecule has 0 amide bonds. The Morgan fingerprint density at radius 1 is 1.04 bits per heavy atom. The number of likely N-dealkylation sites (tertiary alicyclic amines) is 1. The maximum Gasteiger partial charge on any atom is 0.163 e. The number of benzene rings is 2. The van der Waals surface area contributed by atoms with Crippen LogP contribution in [0.15, 0.2) is 48.5 Å². The second-order valence-corrected chi connectivity index (χ2v) is 8.04. The van der Waals surface area contributed by atoms with Crippen molar-refractivity contribution in [2.24, 2.45) is 5.92 Å². The smallest absolute Gasteiger partial charge is 0.163 e. The van der Waals surface area contributed by atoms with Gasteiger partial charge >= 0.3 is 0 Å². The number of fused-ring (bicyclic) bond motifs is 1. The highest BCUT2D eigenvalue weighted by Crippen LogP contribution is 2.31. The summed E-state index contributed by atoms with van der Waals surface area (Å²) < 4.78 is 5.30. The van der Waals surface area contributed by atoms with Gasteiger partial charge in [0.2, 0.25) is 0 Å². The van der Waals surface area contributed by atoms with E-state index in [1.807, 2.05) is 12.1 Å². The number of carbonyl (C=O) groups is 1. The van der Waals surface area contributed by atoms with Crippen molar-refractivity contribution in [2.75, 3.05) is 26.7 Å². The van der Waals surface area contributed by atoms with Crippen LogP contribution in [-0.4, -0.2) is 37.4 Å². The molecule has 4 rings (SSSR count). The van der Waals surface area contributed by atoms with Crippen molar-refractivity contribution < 1.29 is 9.53 Å². The number of piperidine rings is 1. The fourth-order valence-corrected chi connectivity index (χ4v) is 4.69. The maximum absolute atomic E-state index is 12.8. The molecule has 0 aromatic heterocycles. The number of Topliss-reactive ketones (excluding diaryl/α,β-unsaturated/α-hetero) is 1. The number of methoxy groups -OCH3 is 1. The molecule has 1 saturated heterocycles. The number of aryl methyl sites for hydroxylation is 1. The topological polar surface area (TPSA) is 29.5 Å². The fraction of sp³-hybridized carbons (Fsp3) is 0.458. The van der Waals surface area contributed by atoms with Gasteiger partial charge in [0.25, 0.3) is 0 Å². The van der Waals surface area contributed by atoms with E-state index in [0.29, 0.717) is 18.3 Å². The normalized spacial score (nSPS) is 21.5. The van der Waals surface area contributed by atoms with Crippen LogP contribution in [0.25, 0.3) is 0 Å². The minimum absolute atomic E-state index is 0.283. The number of rotatable bonds is 4. The summed E-state index contributed by atoms with van der Waals surface area (Å²) in [6.45, 7) is 3.34. The molecule has 3 heteroatoms. The third kappa shape index (κ3) is 4.24. The summed E-state index contributed by atoms with van der Waals surface area (Å²) in [6.07, 6.45) is 5.21. The first-order chi connectivity index (χ1) is 13.2. The third-order valence-corrected chi connectivity index (χ3v) is 6.29. The van der Waals surface area contributed by atoms with Gasteiger partial charge in [-0.3, -0.25) is 4.79 Å². The SMILES string of the molecule is COc1ccc2c(c1)C(=O)C[C@H](CN1CCC(c3ccccc3)CC1)CC2. The van der Waals surface area contributed by atoms with Crippen LogP contribution in [0.1, 0.15) is 53.1 Å². The van der Waals surface area contributed by atoms with E-state index in [0.717, 1.165) is 43.8 Å². The number of nitrogens with zero attached hydrogens (tertiary/aromatic N) is 1. The van der Waals surface area contributed by atoms with Crippen molar-refractivity contribution in [3.05, 3.63) is 65.2 Å². The van der Waals surface area contributed by atoms with Gasteiger partial charge in [-0.1, -0.05) is 36.4 Å². The molecule has 0 saturated carbocycles. The third-order valence-electron chi connectivity index (χ3n) is 6.29. The average Bonchev–Trinajstić information content (AvgIpc) is 2.87. The monoisotopic (exact) mass is 363 g/mol. The van der Waals surface area contributed by atoms with Gasteiger partial charge in [-0.25, -0.2) is 0 Å². The van der Waals surface area contributed by atoms with E-state index in [2.05, 4.69) is 41.3 Å². The molecule has 2 aliphatic rings. The number of carbonyl (C=O) groups excluding carboxylic acids is 1. The molecular weight excluding hydrogens is 334 g/mol. The van der Waals surface area contributed by atoms with Crippen LogP contribution < -0.4 is 4.74 Å². The Hall–Kier alpha value is -2.13. The molecule has 0 radical (unpaired) electrons. The van der Waals surface area contributed by atoms with Crippen molar-refractivity contribution in [3.8, 4) is 5.75 Å². The van der Waals surface area contributed by atoms with E-state index >= 15 is 0 Å². The molecule has 1 aliphatic carbocycles. The number of ether oxygens (including phenoxy) is 1. The summed E-state index contributed by atoms with van der Waals surface area (Å²) in [4.78, 5) is 15.4. The van der Waals surface area contributed by atoms with Crippen LogP contribution >= 0.6 is 0 Å². The quantitative estimate of drug-likeness (QED) is 0.737. The van der Waals surface area contributed by atoms with Gasteiger partial charge in [-0.15, -0.1) is 0 Å². The van der Waals surface area contributed by atoms with Gasteiger partial charge < -0.3 is 9.64 Å². The molecule has 2 aromatic carbocycles. The second-order valence-electron chi connectivity index (χ2n) is 8.04. The standard InChI is InChI=1S/C24H29NO2/c1-27-22-10-9-21-8-7-18(15-24(26)23(21)16-22)17-25-13-11-20(12-14-25)19-5-3-2-4-6-19/h2-6,9-10,16,18,20H,7-8,11-15,17H2,1H3/t18-/m1/s1. The lowest BCUT2D eigenvalue weighted by atomic mass is 9.88. The highest BCUT2D eigenvalue weighted by molar-refractivity contribution is 5.98. The molecule has 1 aliphatic heterocycles. The molecule has 3 nitrogen and oxygen atoms in total. The lowest BCUT2D eigenvalue weighted by Gasteiger charge is -2.34. The highest BCUT2D eigenvalue weighted by atomic mass is 16.5. The van der Waals surface area contributed by atoms with Crippen LogP contribution in [0.5, 0.6) is 5.75 Å². The van der Waals surface area contributed by atoms with Gasteiger partial charge in [0.05, 0.1) is 7.11 Å². The Morgan fingerprint density at radius 2 is 1.81 bits per heavy atom. The molecule has 0 bridgehead atoms. The van der Waals surface area contributed by atoms with Crippen LogP contribution in [-0.2, 0) is 6.42 Å². The highest BCUT2D eigenvalue weighted by Gasteiger charge is 2.27. The average molecular weight is 364 g/mol. The molecule has 1 fully saturated rings. The van der Waals surface area contributed by atoms with Crippen molar-refractivity contribution >= 4 is 5.78 Å². The predicted molar refractivity (Wildman–Crippen MR) is 109 cm³/mol. The van der Waals surface area contributed by atoms with E-state index in [-0.39, 0.29) is 5.78 Å². The first-order valence-corrected chi connectivity index (χ1v) is 10.2. The molecular formula is C24H29NO2. The number of hydrogen-bond donors (Lipinski definition) is 0. The Morgan fingerprint density at radius 3 is 2.56 bits per heavy atom. The largest absolute Gasteiger partial charge is 0.497 e. The van der Waals surface area contributed by atoms with Crippen molar-refractivity contribution in [1.29, 1.82) is 0 Å². The minimum Gasteiger partial charge on any atom is -0.497 e. The fourth-order valence-electron chi connectivity index (χ4n) is 4.69.